The van der Waals surface area contributed by atoms with E-state index < -0.39 is 27.7 Å². The van der Waals surface area contributed by atoms with Crippen LogP contribution in [-0.4, -0.2) is 65.2 Å². The maximum absolute atomic E-state index is 13.5. The third-order valence-corrected chi connectivity index (χ3v) is 17.8. The lowest BCUT2D eigenvalue weighted by Gasteiger charge is -2.47. The number of nitrogens with zero attached hydrogens (tertiary/aromatic N) is 1. The van der Waals surface area contributed by atoms with Crippen molar-refractivity contribution in [3.05, 3.63) is 0 Å². The van der Waals surface area contributed by atoms with Gasteiger partial charge in [0.1, 0.15) is 0 Å². The van der Waals surface area contributed by atoms with Gasteiger partial charge >= 0.3 is 0 Å². The van der Waals surface area contributed by atoms with Gasteiger partial charge in [-0.15, -0.1) is 0 Å². The van der Waals surface area contributed by atoms with Gasteiger partial charge < -0.3 is 14.0 Å². The highest BCUT2D eigenvalue weighted by Gasteiger charge is 2.81. The smallest absolute Gasteiger partial charge is 0.252 e. The number of hydrogen-bond donors (Lipinski definition) is 1. The van der Waals surface area contributed by atoms with Gasteiger partial charge in [-0.05, 0) is 36.3 Å². The van der Waals surface area contributed by atoms with Crippen LogP contribution in [0.3, 0.4) is 0 Å². The molecular formula is C24H51NO5Si2. The molecule has 1 saturated carbocycles. The average Bonchev–Trinajstić information content (AvgIpc) is 3.21. The number of carbonyl (C=O) groups is 1. The molecule has 1 aliphatic carbocycles. The van der Waals surface area contributed by atoms with Crippen LogP contribution in [0.2, 0.25) is 36.3 Å². The van der Waals surface area contributed by atoms with Crippen molar-refractivity contribution in [3.8, 4) is 0 Å². The highest BCUT2D eigenvalue weighted by molar-refractivity contribution is 6.74. The predicted molar refractivity (Wildman–Crippen MR) is 136 cm³/mol. The molecule has 1 N–H and O–H groups in total. The maximum atomic E-state index is 13.5. The Morgan fingerprint density at radius 1 is 1.12 bits per heavy atom. The molecule has 0 spiro atoms. The third kappa shape index (κ3) is 5.05. The van der Waals surface area contributed by atoms with E-state index in [-0.39, 0.29) is 35.5 Å². The normalized spacial score (nSPS) is 25.4. The van der Waals surface area contributed by atoms with Gasteiger partial charge in [0.2, 0.25) is 0 Å². The van der Waals surface area contributed by atoms with Gasteiger partial charge in [-0.25, -0.2) is 5.06 Å². The van der Waals surface area contributed by atoms with E-state index in [1.165, 1.54) is 12.2 Å². The number of rotatable bonds is 12. The van der Waals surface area contributed by atoms with Crippen molar-refractivity contribution in [2.24, 2.45) is 17.3 Å². The minimum atomic E-state index is -2.22. The summed E-state index contributed by atoms with van der Waals surface area (Å²) >= 11 is 0. The number of carbonyl (C=O) groups excluding carboxylic acids is 1. The van der Waals surface area contributed by atoms with Gasteiger partial charge in [-0.3, -0.25) is 9.63 Å². The van der Waals surface area contributed by atoms with Crippen LogP contribution in [-0.2, 0) is 18.5 Å². The molecule has 0 aromatic carbocycles. The Labute approximate surface area is 199 Å². The van der Waals surface area contributed by atoms with E-state index in [1.807, 2.05) is 6.92 Å². The Morgan fingerprint density at radius 2 is 1.59 bits per heavy atom. The summed E-state index contributed by atoms with van der Waals surface area (Å²) in [6.45, 7) is 24.0. The van der Waals surface area contributed by atoms with E-state index in [0.717, 1.165) is 18.1 Å². The fourth-order valence-electron chi connectivity index (χ4n) is 4.84. The first kappa shape index (κ1) is 29.8. The van der Waals surface area contributed by atoms with E-state index in [9.17, 15) is 9.90 Å². The summed E-state index contributed by atoms with van der Waals surface area (Å²) in [6, 6.07) is 2.96. The van der Waals surface area contributed by atoms with Gasteiger partial charge in [0, 0.05) is 25.0 Å². The molecule has 0 aliphatic heterocycles. The lowest BCUT2D eigenvalue weighted by molar-refractivity contribution is -0.173. The van der Waals surface area contributed by atoms with Gasteiger partial charge in [0.05, 0.1) is 24.7 Å². The first-order chi connectivity index (χ1) is 14.5. The average molecular weight is 490 g/mol. The van der Waals surface area contributed by atoms with Crippen molar-refractivity contribution in [2.45, 2.75) is 110 Å². The summed E-state index contributed by atoms with van der Waals surface area (Å²) < 4.78 is 14.3. The predicted octanol–water partition coefficient (Wildman–Crippen LogP) is 5.44. The molecule has 0 aromatic heterocycles. The molecule has 0 bridgehead atoms. The lowest BCUT2D eigenvalue weighted by Crippen LogP contribution is -2.57. The third-order valence-electron chi connectivity index (χ3n) is 8.68. The van der Waals surface area contributed by atoms with E-state index in [1.54, 1.807) is 7.05 Å². The molecule has 1 aliphatic rings. The summed E-state index contributed by atoms with van der Waals surface area (Å²) in [5, 5.41) is 11.6. The Balaban J connectivity index is 3.74. The summed E-state index contributed by atoms with van der Waals surface area (Å²) in [5.74, 6) is -0.635. The van der Waals surface area contributed by atoms with Crippen molar-refractivity contribution in [1.82, 2.24) is 5.06 Å². The lowest BCUT2D eigenvalue weighted by atomic mass is 9.93. The summed E-state index contributed by atoms with van der Waals surface area (Å²) in [7, 11) is -1.16. The molecule has 0 heterocycles. The molecule has 0 radical (unpaired) electrons. The second kappa shape index (κ2) is 10.2. The van der Waals surface area contributed by atoms with Crippen LogP contribution in [0.25, 0.3) is 0 Å². The first-order valence-corrected chi connectivity index (χ1v) is 17.7. The van der Waals surface area contributed by atoms with Gasteiger partial charge in [0.15, 0.2) is 16.6 Å². The highest BCUT2D eigenvalue weighted by Crippen LogP contribution is 2.69. The maximum Gasteiger partial charge on any atom is 0.252 e. The SMILES string of the molecule is CC[Si](CC)(CC)O[C@@]1([C@H](O[Si](C)(C)C(C)(C)C)[C@@H](C)CO)[C@H](C(=O)N(C)OC)C1(C)C. The molecule has 1 rings (SSSR count). The van der Waals surface area contributed by atoms with Crippen molar-refractivity contribution < 1.29 is 23.6 Å². The van der Waals surface area contributed by atoms with Crippen molar-refractivity contribution in [1.29, 1.82) is 0 Å². The van der Waals surface area contributed by atoms with Crippen molar-refractivity contribution >= 4 is 22.5 Å². The van der Waals surface area contributed by atoms with Crippen LogP contribution < -0.4 is 0 Å². The molecule has 0 saturated heterocycles. The summed E-state index contributed by atoms with van der Waals surface area (Å²) in [4.78, 5) is 18.8. The quantitative estimate of drug-likeness (QED) is 0.292. The first-order valence-electron chi connectivity index (χ1n) is 12.3. The van der Waals surface area contributed by atoms with Gasteiger partial charge in [0.25, 0.3) is 5.91 Å². The second-order valence-electron chi connectivity index (χ2n) is 11.8. The zero-order valence-electron chi connectivity index (χ0n) is 23.1. The van der Waals surface area contributed by atoms with Crippen LogP contribution in [0.4, 0.5) is 0 Å². The monoisotopic (exact) mass is 489 g/mol. The Hall–Kier alpha value is -0.256. The van der Waals surface area contributed by atoms with Crippen LogP contribution >= 0.6 is 0 Å². The minimum absolute atomic E-state index is 0.00172. The molecule has 190 valence electrons. The van der Waals surface area contributed by atoms with E-state index in [0.29, 0.717) is 0 Å². The number of hydrogen-bond acceptors (Lipinski definition) is 5. The largest absolute Gasteiger partial charge is 0.411 e. The van der Waals surface area contributed by atoms with Crippen LogP contribution in [0.15, 0.2) is 0 Å². The zero-order chi connectivity index (χ0) is 25.3. The molecular weight excluding hydrogens is 438 g/mol. The topological polar surface area (TPSA) is 68.2 Å². The number of amides is 1. The van der Waals surface area contributed by atoms with Crippen LogP contribution in [0.1, 0.15) is 62.3 Å². The highest BCUT2D eigenvalue weighted by atomic mass is 28.4. The van der Waals surface area contributed by atoms with E-state index in [2.05, 4.69) is 68.5 Å². The number of aliphatic hydroxyl groups excluding tert-OH is 1. The standard InChI is InChI=1S/C24H51NO5Si2/c1-14-32(15-2,16-3)30-24(19(23(24,8)9)21(27)25(10)28-11)20(18(4)17-26)29-31(12,13)22(5,6)7/h18-20,26H,14-17H2,1-13H3/t18-,19+,20+,24+/m0/s1. The zero-order valence-corrected chi connectivity index (χ0v) is 25.1. The second-order valence-corrected chi connectivity index (χ2v) is 21.2. The Bertz CT molecular complexity index is 637. The molecule has 4 atom stereocenters. The molecule has 0 unspecified atom stereocenters. The molecule has 6 nitrogen and oxygen atoms in total. The summed E-state index contributed by atoms with van der Waals surface area (Å²) in [5.41, 5.74) is -1.23. The summed E-state index contributed by atoms with van der Waals surface area (Å²) in [6.07, 6.45) is -0.376. The van der Waals surface area contributed by atoms with E-state index in [4.69, 9.17) is 13.7 Å². The van der Waals surface area contributed by atoms with Gasteiger partial charge in [-0.1, -0.05) is 62.3 Å². The van der Waals surface area contributed by atoms with Gasteiger partial charge in [-0.2, -0.15) is 0 Å². The molecule has 32 heavy (non-hydrogen) atoms. The molecule has 0 aromatic rings. The number of hydroxylamine groups is 2. The van der Waals surface area contributed by atoms with E-state index >= 15 is 0 Å². The fourth-order valence-corrected chi connectivity index (χ4v) is 9.38. The fraction of sp³-hybridized carbons (Fsp3) is 0.958. The molecule has 8 heteroatoms. The van der Waals surface area contributed by atoms with Crippen molar-refractivity contribution in [2.75, 3.05) is 20.8 Å². The number of aliphatic hydroxyl groups is 1. The van der Waals surface area contributed by atoms with Crippen molar-refractivity contribution in [3.63, 3.8) is 0 Å². The molecule has 1 fully saturated rings. The Kier molecular flexibility index (Phi) is 9.45. The molecule has 1 amide bonds. The van der Waals surface area contributed by atoms with Crippen LogP contribution in [0.5, 0.6) is 0 Å². The minimum Gasteiger partial charge on any atom is -0.411 e. The van der Waals surface area contributed by atoms with Crippen LogP contribution in [0, 0.1) is 17.3 Å². The Morgan fingerprint density at radius 3 is 1.94 bits per heavy atom.